The number of pyridine rings is 2. The number of aromatic nitrogens is 2. The third-order valence-electron chi connectivity index (χ3n) is 6.47. The van der Waals surface area contributed by atoms with Crippen molar-refractivity contribution in [3.05, 3.63) is 120 Å². The lowest BCUT2D eigenvalue weighted by atomic mass is 10.2. The summed E-state index contributed by atoms with van der Waals surface area (Å²) in [5, 5.41) is 18.5. The standard InChI is InChI=1S/C15H16N2O3S.C13H12N2O2S.C6H15N.C2H4O/c18-9-10-20-17-14(19)13-7-4-8-16-15(13)21-11-12-5-2-1-3-6-12;16-12(15-17)11-7-4-8-14-13(11)18-9-10-5-2-1-3-6-10;1-4-7(5-2)6-3;1-2-3-1/h1-8,18H,9-11H2,(H,17,19);1-8,17H,9H2,(H,15,16);4-6H2,1-3H3;1-2H2. The van der Waals surface area contributed by atoms with Crippen LogP contribution in [0.3, 0.4) is 0 Å². The molecule has 5 rings (SSSR count). The predicted molar refractivity (Wildman–Crippen MR) is 195 cm³/mol. The Kier molecular flexibility index (Phi) is 22.0. The van der Waals surface area contributed by atoms with E-state index in [4.69, 9.17) is 15.2 Å². The molecule has 0 bridgehead atoms. The maximum Gasteiger partial charge on any atom is 0.277 e. The molecule has 0 atom stereocenters. The maximum absolute atomic E-state index is 12.0. The molecule has 13 heteroatoms. The van der Waals surface area contributed by atoms with Crippen LogP contribution >= 0.6 is 23.5 Å². The van der Waals surface area contributed by atoms with Gasteiger partial charge < -0.3 is 14.7 Å². The minimum atomic E-state index is -0.543. The third-order valence-corrected chi connectivity index (χ3v) is 8.63. The molecular formula is C36H47N5O6S2. The van der Waals surface area contributed by atoms with Gasteiger partial charge in [-0.15, -0.1) is 23.5 Å². The summed E-state index contributed by atoms with van der Waals surface area (Å²) in [4.78, 5) is 39.0. The van der Waals surface area contributed by atoms with E-state index >= 15 is 0 Å². The van der Waals surface area contributed by atoms with Gasteiger partial charge in [-0.1, -0.05) is 81.4 Å². The van der Waals surface area contributed by atoms with Crippen LogP contribution in [0, 0.1) is 0 Å². The fourth-order valence-corrected chi connectivity index (χ4v) is 5.65. The minimum Gasteiger partial charge on any atom is -0.394 e. The maximum atomic E-state index is 12.0. The summed E-state index contributed by atoms with van der Waals surface area (Å²) in [6.07, 6.45) is 3.28. The lowest BCUT2D eigenvalue weighted by molar-refractivity contribution is 0.0165. The Hall–Kier alpha value is -3.82. The van der Waals surface area contributed by atoms with Gasteiger partial charge in [0.1, 0.15) is 10.1 Å². The summed E-state index contributed by atoms with van der Waals surface area (Å²) >= 11 is 2.95. The van der Waals surface area contributed by atoms with Crippen molar-refractivity contribution in [1.82, 2.24) is 25.8 Å². The van der Waals surface area contributed by atoms with Crippen LogP contribution in [-0.4, -0.2) is 83.1 Å². The van der Waals surface area contributed by atoms with E-state index in [0.717, 1.165) is 35.8 Å². The highest BCUT2D eigenvalue weighted by molar-refractivity contribution is 7.98. The Morgan fingerprint density at radius 1 is 0.755 bits per heavy atom. The zero-order valence-electron chi connectivity index (χ0n) is 28.3. The average molecular weight is 710 g/mol. The summed E-state index contributed by atoms with van der Waals surface area (Å²) in [7, 11) is 0. The molecule has 3 heterocycles. The smallest absolute Gasteiger partial charge is 0.277 e. The van der Waals surface area contributed by atoms with Crippen LogP contribution in [0.4, 0.5) is 0 Å². The molecule has 1 aliphatic heterocycles. The summed E-state index contributed by atoms with van der Waals surface area (Å²) in [5.74, 6) is 0.546. The van der Waals surface area contributed by atoms with Crippen molar-refractivity contribution >= 4 is 35.3 Å². The SMILES string of the molecule is C1CO1.CCN(CC)CC.O=C(NO)c1cccnc1SCc1ccccc1.O=C(NOCCO)c1cccnc1SCc1ccccc1. The Labute approximate surface area is 297 Å². The van der Waals surface area contributed by atoms with Crippen LogP contribution in [0.15, 0.2) is 107 Å². The van der Waals surface area contributed by atoms with E-state index in [9.17, 15) is 9.59 Å². The molecule has 264 valence electrons. The monoisotopic (exact) mass is 709 g/mol. The van der Waals surface area contributed by atoms with E-state index < -0.39 is 5.91 Å². The number of ether oxygens (including phenoxy) is 1. The molecule has 1 saturated heterocycles. The normalized spacial score (nSPS) is 11.1. The summed E-state index contributed by atoms with van der Waals surface area (Å²) in [6.45, 7) is 12.0. The molecule has 0 aliphatic carbocycles. The molecule has 0 unspecified atom stereocenters. The Bertz CT molecular complexity index is 1460. The molecule has 0 spiro atoms. The quantitative estimate of drug-likeness (QED) is 0.0409. The number of carbonyl (C=O) groups is 2. The molecule has 11 nitrogen and oxygen atoms in total. The van der Waals surface area contributed by atoms with Gasteiger partial charge >= 0.3 is 0 Å². The fourth-order valence-electron chi connectivity index (χ4n) is 3.76. The average Bonchev–Trinajstić information content (AvgIpc) is 4.06. The van der Waals surface area contributed by atoms with Crippen molar-refractivity contribution in [1.29, 1.82) is 0 Å². The molecule has 4 N–H and O–H groups in total. The number of aliphatic hydroxyl groups excluding tert-OH is 1. The Balaban J connectivity index is 0.000000268. The lowest BCUT2D eigenvalue weighted by Gasteiger charge is -2.13. The number of rotatable bonds is 14. The first-order chi connectivity index (χ1) is 24.0. The molecule has 2 aromatic heterocycles. The van der Waals surface area contributed by atoms with Gasteiger partial charge in [-0.2, -0.15) is 0 Å². The minimum absolute atomic E-state index is 0.0541. The molecule has 2 amide bonds. The number of aliphatic hydroxyl groups is 1. The lowest BCUT2D eigenvalue weighted by Crippen LogP contribution is -2.25. The van der Waals surface area contributed by atoms with E-state index in [1.54, 1.807) is 42.1 Å². The van der Waals surface area contributed by atoms with E-state index in [1.165, 1.54) is 43.2 Å². The zero-order valence-corrected chi connectivity index (χ0v) is 29.9. The second kappa shape index (κ2) is 26.1. The van der Waals surface area contributed by atoms with E-state index in [-0.39, 0.29) is 19.1 Å². The molecule has 0 saturated carbocycles. The van der Waals surface area contributed by atoms with Gasteiger partial charge in [-0.3, -0.25) is 19.6 Å². The van der Waals surface area contributed by atoms with E-state index in [1.807, 2.05) is 60.7 Å². The second-order valence-electron chi connectivity index (χ2n) is 9.94. The first kappa shape index (κ1) is 41.4. The van der Waals surface area contributed by atoms with E-state index in [2.05, 4.69) is 45.9 Å². The fraction of sp³-hybridized carbons (Fsp3) is 0.333. The van der Waals surface area contributed by atoms with Crippen molar-refractivity contribution in [3.8, 4) is 0 Å². The van der Waals surface area contributed by atoms with Gasteiger partial charge in [0.15, 0.2) is 0 Å². The number of hydroxylamine groups is 2. The molecule has 4 aromatic rings. The predicted octanol–water partition coefficient (Wildman–Crippen LogP) is 5.89. The van der Waals surface area contributed by atoms with Crippen molar-refractivity contribution < 1.29 is 29.5 Å². The van der Waals surface area contributed by atoms with Gasteiger partial charge in [0.2, 0.25) is 0 Å². The van der Waals surface area contributed by atoms with Crippen LogP contribution in [0.2, 0.25) is 0 Å². The van der Waals surface area contributed by atoms with Gasteiger partial charge in [0, 0.05) is 23.9 Å². The zero-order chi connectivity index (χ0) is 35.5. The molecule has 49 heavy (non-hydrogen) atoms. The largest absolute Gasteiger partial charge is 0.394 e. The highest BCUT2D eigenvalue weighted by Crippen LogP contribution is 2.25. The summed E-state index contributed by atoms with van der Waals surface area (Å²) in [6, 6.07) is 26.6. The van der Waals surface area contributed by atoms with Crippen LogP contribution in [0.25, 0.3) is 0 Å². The first-order valence-electron chi connectivity index (χ1n) is 16.0. The molecular weight excluding hydrogens is 663 g/mol. The van der Waals surface area contributed by atoms with Crippen LogP contribution in [0.5, 0.6) is 0 Å². The van der Waals surface area contributed by atoms with Gasteiger partial charge in [0.05, 0.1) is 37.6 Å². The van der Waals surface area contributed by atoms with Gasteiger partial charge in [0.25, 0.3) is 11.8 Å². The topological polar surface area (TPSA) is 149 Å². The number of hydrogen-bond donors (Lipinski definition) is 4. The second-order valence-corrected chi connectivity index (χ2v) is 11.9. The van der Waals surface area contributed by atoms with Crippen molar-refractivity contribution in [2.75, 3.05) is 46.1 Å². The molecule has 2 aromatic carbocycles. The van der Waals surface area contributed by atoms with Crippen LogP contribution < -0.4 is 11.0 Å². The molecule has 1 fully saturated rings. The van der Waals surface area contributed by atoms with Crippen LogP contribution in [-0.2, 0) is 21.1 Å². The Morgan fingerprint density at radius 3 is 1.57 bits per heavy atom. The van der Waals surface area contributed by atoms with E-state index in [0.29, 0.717) is 21.2 Å². The summed E-state index contributed by atoms with van der Waals surface area (Å²) < 4.78 is 4.50. The van der Waals surface area contributed by atoms with Gasteiger partial charge in [-0.25, -0.2) is 20.9 Å². The van der Waals surface area contributed by atoms with Crippen molar-refractivity contribution in [3.63, 3.8) is 0 Å². The number of nitrogens with zero attached hydrogens (tertiary/aromatic N) is 3. The highest BCUT2D eigenvalue weighted by atomic mass is 32.2. The van der Waals surface area contributed by atoms with Crippen LogP contribution in [0.1, 0.15) is 52.6 Å². The Morgan fingerprint density at radius 2 is 1.20 bits per heavy atom. The first-order valence-corrected chi connectivity index (χ1v) is 17.9. The highest BCUT2D eigenvalue weighted by Gasteiger charge is 2.13. The number of benzene rings is 2. The molecule has 0 radical (unpaired) electrons. The summed E-state index contributed by atoms with van der Waals surface area (Å²) in [5.41, 5.74) is 7.06. The van der Waals surface area contributed by atoms with Gasteiger partial charge in [-0.05, 0) is 55.0 Å². The number of carbonyl (C=O) groups excluding carboxylic acids is 2. The van der Waals surface area contributed by atoms with Crippen molar-refractivity contribution in [2.24, 2.45) is 0 Å². The third kappa shape index (κ3) is 17.9. The number of amides is 2. The number of thioether (sulfide) groups is 2. The number of epoxide rings is 1. The van der Waals surface area contributed by atoms with Crippen molar-refractivity contribution in [2.45, 2.75) is 42.3 Å². The number of nitrogens with one attached hydrogen (secondary N) is 2. The molecule has 1 aliphatic rings. The number of hydrogen-bond acceptors (Lipinski definition) is 11.